The fourth-order valence-electron chi connectivity index (χ4n) is 2.48. The lowest BCUT2D eigenvalue weighted by Crippen LogP contribution is -2.17. The van der Waals surface area contributed by atoms with Gasteiger partial charge in [-0.05, 0) is 47.7 Å². The van der Waals surface area contributed by atoms with Gasteiger partial charge in [-0.1, -0.05) is 43.0 Å². The second-order valence-corrected chi connectivity index (χ2v) is 8.46. The highest BCUT2D eigenvalue weighted by Crippen LogP contribution is 2.26. The Morgan fingerprint density at radius 2 is 1.89 bits per heavy atom. The molecule has 27 heavy (non-hydrogen) atoms. The van der Waals surface area contributed by atoms with Crippen LogP contribution in [0.1, 0.15) is 12.5 Å². The van der Waals surface area contributed by atoms with Gasteiger partial charge >= 0.3 is 0 Å². The molecule has 0 atom stereocenters. The Morgan fingerprint density at radius 1 is 1.15 bits per heavy atom. The highest BCUT2D eigenvalue weighted by molar-refractivity contribution is 8.18. The van der Waals surface area contributed by atoms with Crippen LogP contribution < -0.4 is 15.5 Å². The molecule has 0 unspecified atom stereocenters. The van der Waals surface area contributed by atoms with E-state index in [1.807, 2.05) is 26.3 Å². The molecule has 2 aromatic rings. The minimum absolute atomic E-state index is 0.0655. The lowest BCUT2D eigenvalue weighted by molar-refractivity contribution is -0.115. The Bertz CT molecular complexity index is 1020. The lowest BCUT2D eigenvalue weighted by Gasteiger charge is -2.09. The molecule has 137 valence electrons. The molecule has 6 nitrogen and oxygen atoms in total. The molecule has 1 saturated heterocycles. The van der Waals surface area contributed by atoms with Crippen LogP contribution in [0.25, 0.3) is 6.08 Å². The molecule has 1 aliphatic rings. The summed E-state index contributed by atoms with van der Waals surface area (Å²) in [4.78, 5) is 23.2. The Morgan fingerprint density at radius 3 is 2.52 bits per heavy atom. The van der Waals surface area contributed by atoms with Gasteiger partial charge < -0.3 is 0 Å². The van der Waals surface area contributed by atoms with Crippen molar-refractivity contribution in [1.29, 1.82) is 0 Å². The summed E-state index contributed by atoms with van der Waals surface area (Å²) < 4.78 is 27.8. The standard InChI is InChI=1S/C18H16BN2O4S2/c1-2-19-13-6-8-14(9-7-13)21-27(24,25)15-5-3-4-12(10-15)11-16-17(22)20-18(23)26-16/h3-11,21H,2H2,1H3,(H,20,22,23)/b16-11-. The second-order valence-electron chi connectivity index (χ2n) is 5.76. The van der Waals surface area contributed by atoms with Crippen LogP contribution in [0.5, 0.6) is 0 Å². The average Bonchev–Trinajstić information content (AvgIpc) is 2.94. The fraction of sp³-hybridized carbons (Fsp3) is 0.111. The Kier molecular flexibility index (Phi) is 5.72. The lowest BCUT2D eigenvalue weighted by atomic mass is 9.68. The van der Waals surface area contributed by atoms with E-state index in [0.29, 0.717) is 11.3 Å². The van der Waals surface area contributed by atoms with E-state index in [9.17, 15) is 18.0 Å². The van der Waals surface area contributed by atoms with Crippen molar-refractivity contribution in [1.82, 2.24) is 5.32 Å². The van der Waals surface area contributed by atoms with E-state index in [-0.39, 0.29) is 9.80 Å². The summed E-state index contributed by atoms with van der Waals surface area (Å²) in [6.45, 7) is 2.03. The third-order valence-electron chi connectivity index (χ3n) is 3.71. The number of carbonyl (C=O) groups is 2. The molecule has 0 bridgehead atoms. The molecule has 2 aromatic carbocycles. The third-order valence-corrected chi connectivity index (χ3v) is 5.90. The number of amides is 2. The van der Waals surface area contributed by atoms with E-state index in [1.165, 1.54) is 18.2 Å². The Hall–Kier alpha value is -2.52. The van der Waals surface area contributed by atoms with Gasteiger partial charge in [0.05, 0.1) is 9.80 Å². The first kappa shape index (κ1) is 19.3. The molecular formula is C18H16BN2O4S2. The maximum absolute atomic E-state index is 12.6. The van der Waals surface area contributed by atoms with Gasteiger partial charge in [0.2, 0.25) is 0 Å². The van der Waals surface area contributed by atoms with Gasteiger partial charge in [-0.2, -0.15) is 0 Å². The van der Waals surface area contributed by atoms with Gasteiger partial charge in [0.15, 0.2) is 7.28 Å². The maximum Gasteiger partial charge on any atom is 0.290 e. The van der Waals surface area contributed by atoms with Gasteiger partial charge in [0.25, 0.3) is 21.2 Å². The topological polar surface area (TPSA) is 92.3 Å². The quantitative estimate of drug-likeness (QED) is 0.576. The number of thioether (sulfide) groups is 1. The molecule has 0 aromatic heterocycles. The summed E-state index contributed by atoms with van der Waals surface area (Å²) in [5.41, 5.74) is 2.00. The molecule has 1 radical (unpaired) electrons. The van der Waals surface area contributed by atoms with E-state index in [2.05, 4.69) is 10.0 Å². The highest BCUT2D eigenvalue weighted by Gasteiger charge is 2.25. The monoisotopic (exact) mass is 399 g/mol. The zero-order valence-electron chi connectivity index (χ0n) is 14.4. The van der Waals surface area contributed by atoms with E-state index >= 15 is 0 Å². The number of carbonyl (C=O) groups excluding carboxylic acids is 2. The largest absolute Gasteiger partial charge is 0.290 e. The summed E-state index contributed by atoms with van der Waals surface area (Å²) in [7, 11) is -1.74. The van der Waals surface area contributed by atoms with Gasteiger partial charge in [-0.15, -0.1) is 0 Å². The molecule has 2 amide bonds. The van der Waals surface area contributed by atoms with Crippen LogP contribution in [0.15, 0.2) is 58.3 Å². The van der Waals surface area contributed by atoms with Crippen molar-refractivity contribution < 1.29 is 18.0 Å². The second kappa shape index (κ2) is 8.02. The van der Waals surface area contributed by atoms with Crippen molar-refractivity contribution in [2.24, 2.45) is 0 Å². The highest BCUT2D eigenvalue weighted by atomic mass is 32.2. The van der Waals surface area contributed by atoms with Crippen molar-refractivity contribution in [3.63, 3.8) is 0 Å². The fourth-order valence-corrected chi connectivity index (χ4v) is 4.28. The molecule has 0 spiro atoms. The first-order valence-corrected chi connectivity index (χ1v) is 10.5. The molecular weight excluding hydrogens is 383 g/mol. The van der Waals surface area contributed by atoms with E-state index in [4.69, 9.17) is 0 Å². The average molecular weight is 399 g/mol. The van der Waals surface area contributed by atoms with Gasteiger partial charge in [0.1, 0.15) is 0 Å². The zero-order valence-corrected chi connectivity index (χ0v) is 16.1. The van der Waals surface area contributed by atoms with Crippen LogP contribution in [0.4, 0.5) is 10.5 Å². The zero-order chi connectivity index (χ0) is 19.4. The summed E-state index contributed by atoms with van der Waals surface area (Å²) in [5.74, 6) is -0.486. The summed E-state index contributed by atoms with van der Waals surface area (Å²) in [5, 5.41) is 1.72. The molecule has 1 heterocycles. The van der Waals surface area contributed by atoms with Gasteiger partial charge in [-0.25, -0.2) is 8.42 Å². The van der Waals surface area contributed by atoms with Crippen LogP contribution in [0.2, 0.25) is 6.32 Å². The number of nitrogens with one attached hydrogen (secondary N) is 2. The molecule has 0 saturated carbocycles. The van der Waals surface area contributed by atoms with Gasteiger partial charge in [-0.3, -0.25) is 19.6 Å². The molecule has 1 aliphatic heterocycles. The smallest absolute Gasteiger partial charge is 0.282 e. The van der Waals surface area contributed by atoms with Crippen LogP contribution in [0, 0.1) is 0 Å². The minimum Gasteiger partial charge on any atom is -0.282 e. The minimum atomic E-state index is -3.78. The summed E-state index contributed by atoms with van der Waals surface area (Å²) >= 11 is 0.783. The van der Waals surface area contributed by atoms with Crippen LogP contribution in [-0.4, -0.2) is 26.8 Å². The van der Waals surface area contributed by atoms with E-state index in [1.54, 1.807) is 24.3 Å². The first-order chi connectivity index (χ1) is 12.9. The Labute approximate surface area is 162 Å². The summed E-state index contributed by atoms with van der Waals surface area (Å²) in [6.07, 6.45) is 2.38. The molecule has 1 fully saturated rings. The molecule has 2 N–H and O–H groups in total. The molecule has 0 aliphatic carbocycles. The first-order valence-electron chi connectivity index (χ1n) is 8.18. The van der Waals surface area contributed by atoms with Crippen LogP contribution in [-0.2, 0) is 14.8 Å². The third kappa shape index (κ3) is 4.81. The molecule has 9 heteroatoms. The number of imide groups is 1. The number of sulfonamides is 1. The van der Waals surface area contributed by atoms with Crippen molar-refractivity contribution in [3.05, 3.63) is 59.0 Å². The van der Waals surface area contributed by atoms with Gasteiger partial charge in [0, 0.05) is 5.69 Å². The number of benzene rings is 2. The number of hydrogen-bond acceptors (Lipinski definition) is 5. The maximum atomic E-state index is 12.6. The number of anilines is 1. The van der Waals surface area contributed by atoms with E-state index in [0.717, 1.165) is 23.5 Å². The predicted octanol–water partition coefficient (Wildman–Crippen LogP) is 2.58. The summed E-state index contributed by atoms with van der Waals surface area (Å²) in [6, 6.07) is 13.3. The van der Waals surface area contributed by atoms with Crippen molar-refractivity contribution in [2.75, 3.05) is 4.72 Å². The van der Waals surface area contributed by atoms with Crippen LogP contribution in [0.3, 0.4) is 0 Å². The SMILES string of the molecule is CC[B]c1ccc(NS(=O)(=O)c2cccc(/C=C3\SC(=O)NC3=O)c2)cc1. The number of rotatable bonds is 6. The number of hydrogen-bond donors (Lipinski definition) is 2. The molecule has 3 rings (SSSR count). The van der Waals surface area contributed by atoms with Crippen LogP contribution >= 0.6 is 11.8 Å². The Balaban J connectivity index is 1.81. The predicted molar refractivity (Wildman–Crippen MR) is 109 cm³/mol. The van der Waals surface area contributed by atoms with E-state index < -0.39 is 21.2 Å². The normalized spacial score (nSPS) is 15.7. The van der Waals surface area contributed by atoms with Crippen molar-refractivity contribution >= 4 is 57.4 Å². The van der Waals surface area contributed by atoms with Crippen molar-refractivity contribution in [3.8, 4) is 0 Å². The van der Waals surface area contributed by atoms with Crippen molar-refractivity contribution in [2.45, 2.75) is 18.1 Å².